The van der Waals surface area contributed by atoms with Crippen LogP contribution in [0.2, 0.25) is 5.02 Å². The van der Waals surface area contributed by atoms with Crippen LogP contribution in [0.25, 0.3) is 0 Å². The first-order chi connectivity index (χ1) is 18.0. The molecule has 198 valence electrons. The van der Waals surface area contributed by atoms with E-state index in [0.717, 1.165) is 35.7 Å². The number of nitrogens with zero attached hydrogens (tertiary/aromatic N) is 4. The number of ether oxygens (including phenoxy) is 1. The molecule has 1 aliphatic heterocycles. The second-order valence-corrected chi connectivity index (χ2v) is 9.95. The summed E-state index contributed by atoms with van der Waals surface area (Å²) in [6, 6.07) is 26.0. The molecule has 1 fully saturated rings. The lowest BCUT2D eigenvalue weighted by molar-refractivity contribution is -0.121. The molecule has 5 rings (SSSR count). The van der Waals surface area contributed by atoms with Crippen LogP contribution in [-0.4, -0.2) is 40.2 Å². The molecule has 1 amide bonds. The fourth-order valence-corrected chi connectivity index (χ4v) is 4.82. The molecular weight excluding hydrogens is 519 g/mol. The summed E-state index contributed by atoms with van der Waals surface area (Å²) in [4.78, 5) is 17.1. The number of benzene rings is 3. The molecule has 0 bridgehead atoms. The average Bonchev–Trinajstić information content (AvgIpc) is 3.25. The Morgan fingerprint density at radius 3 is 2.42 bits per heavy atom. The summed E-state index contributed by atoms with van der Waals surface area (Å²) in [7, 11) is 0. The van der Waals surface area contributed by atoms with Gasteiger partial charge in [-0.05, 0) is 48.7 Å². The Labute approximate surface area is 235 Å². The maximum absolute atomic E-state index is 13.1. The lowest BCUT2D eigenvalue weighted by Crippen LogP contribution is -2.50. The predicted molar refractivity (Wildman–Crippen MR) is 154 cm³/mol. The fraction of sp³-hybridized carbons (Fsp3) is 0.267. The second-order valence-electron chi connectivity index (χ2n) is 9.51. The van der Waals surface area contributed by atoms with E-state index >= 15 is 0 Å². The Kier molecular flexibility index (Phi) is 9.10. The van der Waals surface area contributed by atoms with E-state index in [0.29, 0.717) is 37.1 Å². The number of hydrogen-bond donors (Lipinski definition) is 0. The molecule has 0 saturated carbocycles. The van der Waals surface area contributed by atoms with Gasteiger partial charge in [0.25, 0.3) is 0 Å². The van der Waals surface area contributed by atoms with Crippen molar-refractivity contribution in [1.82, 2.24) is 14.7 Å². The van der Waals surface area contributed by atoms with Gasteiger partial charge < -0.3 is 4.74 Å². The predicted octanol–water partition coefficient (Wildman–Crippen LogP) is 6.05. The summed E-state index contributed by atoms with van der Waals surface area (Å²) in [5, 5.41) is 5.44. The van der Waals surface area contributed by atoms with E-state index in [9.17, 15) is 4.79 Å². The number of carbonyl (C=O) groups is 1. The van der Waals surface area contributed by atoms with Crippen molar-refractivity contribution in [3.05, 3.63) is 112 Å². The van der Waals surface area contributed by atoms with E-state index in [1.807, 2.05) is 78.3 Å². The first-order valence-electron chi connectivity index (χ1n) is 12.5. The molecule has 6 nitrogen and oxygen atoms in total. The monoisotopic (exact) mass is 550 g/mol. The van der Waals surface area contributed by atoms with Crippen LogP contribution in [0.5, 0.6) is 5.75 Å². The van der Waals surface area contributed by atoms with E-state index in [1.54, 1.807) is 4.90 Å². The standard InChI is InChI=1S/C30H31ClN4O2.ClH/c1-22-8-6-7-11-25(22)18-33-14-15-34(30(36)20-33)29-16-23(2)35(32-29)19-26-17-27(31)12-13-28(26)37-21-24-9-4-3-5-10-24;/h3-13,16-17H,14-15,18-21H2,1-2H3;1H. The zero-order valence-corrected chi connectivity index (χ0v) is 23.2. The number of aryl methyl sites for hydroxylation is 2. The quantitative estimate of drug-likeness (QED) is 0.268. The highest BCUT2D eigenvalue weighted by Crippen LogP contribution is 2.26. The largest absolute Gasteiger partial charge is 0.489 e. The summed E-state index contributed by atoms with van der Waals surface area (Å²) in [6.07, 6.45) is 0. The van der Waals surface area contributed by atoms with Crippen molar-refractivity contribution in [2.24, 2.45) is 0 Å². The van der Waals surface area contributed by atoms with Crippen molar-refractivity contribution in [3.63, 3.8) is 0 Å². The number of piperazine rings is 1. The first-order valence-corrected chi connectivity index (χ1v) is 12.9. The maximum Gasteiger partial charge on any atom is 0.242 e. The van der Waals surface area contributed by atoms with Gasteiger partial charge in [-0.25, -0.2) is 0 Å². The molecule has 0 radical (unpaired) electrons. The van der Waals surface area contributed by atoms with Gasteiger partial charge in [0.1, 0.15) is 12.4 Å². The van der Waals surface area contributed by atoms with Crippen molar-refractivity contribution >= 4 is 35.7 Å². The Bertz CT molecular complexity index is 1390. The van der Waals surface area contributed by atoms with Crippen LogP contribution in [0.4, 0.5) is 5.82 Å². The molecule has 1 aliphatic rings. The molecule has 2 heterocycles. The minimum Gasteiger partial charge on any atom is -0.489 e. The van der Waals surface area contributed by atoms with Crippen molar-refractivity contribution in [1.29, 1.82) is 0 Å². The molecular formula is C30H32Cl2N4O2. The van der Waals surface area contributed by atoms with Crippen LogP contribution in [0.15, 0.2) is 78.9 Å². The Balaban J connectivity index is 0.00000336. The zero-order chi connectivity index (χ0) is 25.8. The van der Waals surface area contributed by atoms with Gasteiger partial charge in [0, 0.05) is 42.0 Å². The molecule has 1 aromatic heterocycles. The van der Waals surface area contributed by atoms with Gasteiger partial charge in [-0.15, -0.1) is 12.4 Å². The highest BCUT2D eigenvalue weighted by Gasteiger charge is 2.27. The smallest absolute Gasteiger partial charge is 0.242 e. The van der Waals surface area contributed by atoms with Gasteiger partial charge in [0.15, 0.2) is 5.82 Å². The number of carbonyl (C=O) groups excluding carboxylic acids is 1. The number of halogens is 2. The first kappa shape index (κ1) is 27.7. The summed E-state index contributed by atoms with van der Waals surface area (Å²) >= 11 is 6.32. The lowest BCUT2D eigenvalue weighted by atomic mass is 10.1. The summed E-state index contributed by atoms with van der Waals surface area (Å²) in [5.41, 5.74) is 5.52. The van der Waals surface area contributed by atoms with Crippen LogP contribution < -0.4 is 9.64 Å². The molecule has 3 aromatic carbocycles. The molecule has 38 heavy (non-hydrogen) atoms. The normalized spacial score (nSPS) is 13.9. The fourth-order valence-electron chi connectivity index (χ4n) is 4.62. The van der Waals surface area contributed by atoms with Crippen LogP contribution in [0, 0.1) is 13.8 Å². The number of aromatic nitrogens is 2. The van der Waals surface area contributed by atoms with E-state index in [1.165, 1.54) is 11.1 Å². The minimum atomic E-state index is 0. The van der Waals surface area contributed by atoms with Crippen LogP contribution >= 0.6 is 24.0 Å². The van der Waals surface area contributed by atoms with Crippen molar-refractivity contribution in [3.8, 4) is 5.75 Å². The van der Waals surface area contributed by atoms with Crippen molar-refractivity contribution in [2.75, 3.05) is 24.5 Å². The molecule has 0 spiro atoms. The van der Waals surface area contributed by atoms with Crippen molar-refractivity contribution < 1.29 is 9.53 Å². The van der Waals surface area contributed by atoms with Gasteiger partial charge in [-0.2, -0.15) is 5.10 Å². The highest BCUT2D eigenvalue weighted by molar-refractivity contribution is 6.30. The molecule has 0 unspecified atom stereocenters. The van der Waals surface area contributed by atoms with Gasteiger partial charge >= 0.3 is 0 Å². The van der Waals surface area contributed by atoms with E-state index < -0.39 is 0 Å². The minimum absolute atomic E-state index is 0. The maximum atomic E-state index is 13.1. The Morgan fingerprint density at radius 1 is 0.895 bits per heavy atom. The third-order valence-corrected chi connectivity index (χ3v) is 7.01. The number of anilines is 1. The zero-order valence-electron chi connectivity index (χ0n) is 21.6. The van der Waals surface area contributed by atoms with Crippen LogP contribution in [-0.2, 0) is 24.5 Å². The molecule has 0 aliphatic carbocycles. The van der Waals surface area contributed by atoms with Gasteiger partial charge in [0.2, 0.25) is 5.91 Å². The number of amides is 1. The third-order valence-electron chi connectivity index (χ3n) is 6.78. The topological polar surface area (TPSA) is 50.6 Å². The van der Waals surface area contributed by atoms with Crippen molar-refractivity contribution in [2.45, 2.75) is 33.5 Å². The Hall–Kier alpha value is -3.32. The van der Waals surface area contributed by atoms with Crippen LogP contribution in [0.3, 0.4) is 0 Å². The number of rotatable bonds is 8. The van der Waals surface area contributed by atoms with Crippen LogP contribution in [0.1, 0.15) is 27.9 Å². The summed E-state index contributed by atoms with van der Waals surface area (Å²) < 4.78 is 8.04. The Morgan fingerprint density at radius 2 is 1.66 bits per heavy atom. The molecule has 8 heteroatoms. The second kappa shape index (κ2) is 12.5. The molecule has 1 saturated heterocycles. The van der Waals surface area contributed by atoms with Gasteiger partial charge in [-0.3, -0.25) is 19.3 Å². The van der Waals surface area contributed by atoms with E-state index in [2.05, 4.69) is 24.0 Å². The number of hydrogen-bond acceptors (Lipinski definition) is 4. The lowest BCUT2D eigenvalue weighted by Gasteiger charge is -2.33. The molecule has 0 N–H and O–H groups in total. The average molecular weight is 552 g/mol. The summed E-state index contributed by atoms with van der Waals surface area (Å²) in [5.74, 6) is 1.52. The van der Waals surface area contributed by atoms with Gasteiger partial charge in [-0.1, -0.05) is 66.2 Å². The van der Waals surface area contributed by atoms with E-state index in [-0.39, 0.29) is 18.3 Å². The third kappa shape index (κ3) is 6.57. The SMILES string of the molecule is Cc1ccccc1CN1CCN(c2cc(C)n(Cc3cc(Cl)ccc3OCc3ccccc3)n2)C(=O)C1.Cl. The molecule has 0 atom stereocenters. The molecule has 4 aromatic rings. The van der Waals surface area contributed by atoms with E-state index in [4.69, 9.17) is 21.4 Å². The highest BCUT2D eigenvalue weighted by atomic mass is 35.5. The van der Waals surface area contributed by atoms with Gasteiger partial charge in [0.05, 0.1) is 13.1 Å². The summed E-state index contributed by atoms with van der Waals surface area (Å²) in [6.45, 7) is 7.66.